The van der Waals surface area contributed by atoms with Crippen LogP contribution in [0.15, 0.2) is 18.5 Å². The molecule has 3 N–H and O–H groups in total. The Labute approximate surface area is 171 Å². The molecule has 7 nitrogen and oxygen atoms in total. The first-order chi connectivity index (χ1) is 13.1. The van der Waals surface area contributed by atoms with E-state index in [0.29, 0.717) is 26.7 Å². The number of fused-ring (bicyclic) bond motifs is 1. The van der Waals surface area contributed by atoms with Crippen molar-refractivity contribution < 1.29 is 14.6 Å². The number of aromatic nitrogens is 3. The SMILES string of the molecule is CSCC(C)c1c(O)c2nc(-c3cncc(N)c3)sc2n1C(=O)OC(C)(C)C. The minimum absolute atomic E-state index is 0.0155. The van der Waals surface area contributed by atoms with Crippen molar-refractivity contribution in [3.05, 3.63) is 24.2 Å². The number of pyridine rings is 1. The van der Waals surface area contributed by atoms with Gasteiger partial charge in [-0.05, 0) is 33.1 Å². The van der Waals surface area contributed by atoms with Gasteiger partial charge < -0.3 is 15.6 Å². The average Bonchev–Trinajstić information content (AvgIpc) is 3.12. The van der Waals surface area contributed by atoms with E-state index in [0.717, 1.165) is 11.3 Å². The van der Waals surface area contributed by atoms with Crippen molar-refractivity contribution in [2.45, 2.75) is 39.2 Å². The molecule has 9 heteroatoms. The van der Waals surface area contributed by atoms with Gasteiger partial charge in [-0.3, -0.25) is 4.98 Å². The molecule has 3 heterocycles. The van der Waals surface area contributed by atoms with E-state index in [-0.39, 0.29) is 11.7 Å². The van der Waals surface area contributed by atoms with E-state index in [1.807, 2.05) is 34.0 Å². The molecule has 0 radical (unpaired) electrons. The van der Waals surface area contributed by atoms with Crippen molar-refractivity contribution in [2.24, 2.45) is 0 Å². The number of ether oxygens (including phenoxy) is 1. The third-order valence-corrected chi connectivity index (χ3v) is 5.91. The second kappa shape index (κ2) is 7.63. The number of nitrogens with zero attached hydrogens (tertiary/aromatic N) is 3. The Morgan fingerprint density at radius 2 is 2.14 bits per heavy atom. The van der Waals surface area contributed by atoms with E-state index < -0.39 is 11.7 Å². The highest BCUT2D eigenvalue weighted by molar-refractivity contribution is 7.98. The van der Waals surface area contributed by atoms with Gasteiger partial charge in [0.05, 0.1) is 11.4 Å². The van der Waals surface area contributed by atoms with Gasteiger partial charge in [-0.1, -0.05) is 18.3 Å². The van der Waals surface area contributed by atoms with E-state index in [9.17, 15) is 9.90 Å². The molecule has 28 heavy (non-hydrogen) atoms. The number of hydrogen-bond acceptors (Lipinski definition) is 8. The van der Waals surface area contributed by atoms with Gasteiger partial charge in [0.25, 0.3) is 0 Å². The zero-order chi connectivity index (χ0) is 20.6. The second-order valence-corrected chi connectivity index (χ2v) is 9.47. The summed E-state index contributed by atoms with van der Waals surface area (Å²) in [5, 5.41) is 11.5. The minimum Gasteiger partial charge on any atom is -0.504 e. The maximum Gasteiger partial charge on any atom is 0.420 e. The minimum atomic E-state index is -0.658. The van der Waals surface area contributed by atoms with Crippen molar-refractivity contribution in [1.82, 2.24) is 14.5 Å². The summed E-state index contributed by atoms with van der Waals surface area (Å²) < 4.78 is 7.06. The van der Waals surface area contributed by atoms with Crippen LogP contribution in [0.3, 0.4) is 0 Å². The number of nitrogens with two attached hydrogens (primary N) is 1. The Morgan fingerprint density at radius 1 is 1.43 bits per heavy atom. The molecule has 0 aliphatic carbocycles. The highest BCUT2D eigenvalue weighted by Crippen LogP contribution is 2.42. The molecule has 0 aromatic carbocycles. The molecule has 150 valence electrons. The molecule has 0 saturated carbocycles. The van der Waals surface area contributed by atoms with Crippen molar-refractivity contribution in [3.63, 3.8) is 0 Å². The molecule has 3 aromatic rings. The standard InChI is InChI=1S/C19H24N4O3S2/c1-10(9-27-5)14-15(24)13-17(23(14)18(25)26-19(2,3)4)28-16(22-13)11-6-12(20)8-21-7-11/h6-8,10,24H,9,20H2,1-5H3. The molecule has 0 spiro atoms. The molecule has 0 bridgehead atoms. The molecule has 0 aliphatic heterocycles. The number of anilines is 1. The van der Waals surface area contributed by atoms with Gasteiger partial charge in [-0.2, -0.15) is 11.8 Å². The normalized spacial score (nSPS) is 13.0. The predicted octanol–water partition coefficient (Wildman–Crippen LogP) is 4.70. The van der Waals surface area contributed by atoms with Gasteiger partial charge in [-0.15, -0.1) is 0 Å². The maximum atomic E-state index is 13.0. The van der Waals surface area contributed by atoms with E-state index in [4.69, 9.17) is 10.5 Å². The lowest BCUT2D eigenvalue weighted by atomic mass is 10.1. The Kier molecular flexibility index (Phi) is 5.58. The summed E-state index contributed by atoms with van der Waals surface area (Å²) in [7, 11) is 0. The zero-order valence-electron chi connectivity index (χ0n) is 16.5. The molecule has 0 amide bonds. The smallest absolute Gasteiger partial charge is 0.420 e. The molecule has 0 fully saturated rings. The van der Waals surface area contributed by atoms with Crippen LogP contribution in [0, 0.1) is 0 Å². The quantitative estimate of drug-likeness (QED) is 0.630. The number of thioether (sulfide) groups is 1. The Bertz CT molecular complexity index is 1020. The van der Waals surface area contributed by atoms with Crippen molar-refractivity contribution >= 4 is 45.2 Å². The lowest BCUT2D eigenvalue weighted by Crippen LogP contribution is -2.28. The molecule has 0 saturated heterocycles. The van der Waals surface area contributed by atoms with Gasteiger partial charge in [0, 0.05) is 29.6 Å². The summed E-state index contributed by atoms with van der Waals surface area (Å²) in [5.41, 5.74) is 7.32. The number of rotatable bonds is 4. The second-order valence-electron chi connectivity index (χ2n) is 7.59. The van der Waals surface area contributed by atoms with Gasteiger partial charge in [0.1, 0.15) is 21.0 Å². The van der Waals surface area contributed by atoms with Crippen molar-refractivity contribution in [3.8, 4) is 16.3 Å². The predicted molar refractivity (Wildman–Crippen MR) is 115 cm³/mol. The van der Waals surface area contributed by atoms with Crippen LogP contribution in [0.2, 0.25) is 0 Å². The number of nitrogen functional groups attached to an aromatic ring is 1. The van der Waals surface area contributed by atoms with E-state index >= 15 is 0 Å². The number of carbonyl (C=O) groups is 1. The largest absolute Gasteiger partial charge is 0.504 e. The number of hydrogen-bond donors (Lipinski definition) is 2. The fourth-order valence-electron chi connectivity index (χ4n) is 2.92. The zero-order valence-corrected chi connectivity index (χ0v) is 18.1. The number of carbonyl (C=O) groups excluding carboxylic acids is 1. The summed E-state index contributed by atoms with van der Waals surface area (Å²) in [6.45, 7) is 7.41. The monoisotopic (exact) mass is 420 g/mol. The number of thiazole rings is 1. The molecular weight excluding hydrogens is 396 g/mol. The van der Waals surface area contributed by atoms with Gasteiger partial charge >= 0.3 is 6.09 Å². The van der Waals surface area contributed by atoms with Crippen LogP contribution in [0.25, 0.3) is 20.9 Å². The van der Waals surface area contributed by atoms with Crippen LogP contribution in [0.5, 0.6) is 5.75 Å². The fourth-order valence-corrected chi connectivity index (χ4v) is 4.63. The van der Waals surface area contributed by atoms with Crippen LogP contribution >= 0.6 is 23.1 Å². The van der Waals surface area contributed by atoms with E-state index in [2.05, 4.69) is 9.97 Å². The van der Waals surface area contributed by atoms with Gasteiger partial charge in [0.2, 0.25) is 0 Å². The summed E-state index contributed by atoms with van der Waals surface area (Å²) in [5.74, 6) is 0.711. The molecule has 1 unspecified atom stereocenters. The van der Waals surface area contributed by atoms with Crippen LogP contribution < -0.4 is 5.73 Å². The third kappa shape index (κ3) is 3.95. The van der Waals surface area contributed by atoms with Crippen molar-refractivity contribution in [2.75, 3.05) is 17.7 Å². The van der Waals surface area contributed by atoms with Crippen LogP contribution in [0.4, 0.5) is 10.5 Å². The topological polar surface area (TPSA) is 103 Å². The summed E-state index contributed by atoms with van der Waals surface area (Å²) in [6.07, 6.45) is 4.67. The first-order valence-electron chi connectivity index (χ1n) is 8.79. The number of aromatic hydroxyl groups is 1. The Hall–Kier alpha value is -2.26. The molecule has 0 aliphatic rings. The molecule has 3 rings (SSSR count). The van der Waals surface area contributed by atoms with Crippen LogP contribution in [0.1, 0.15) is 39.3 Å². The summed E-state index contributed by atoms with van der Waals surface area (Å²) >= 11 is 2.94. The lowest BCUT2D eigenvalue weighted by molar-refractivity contribution is 0.0539. The fraction of sp³-hybridized carbons (Fsp3) is 0.421. The summed E-state index contributed by atoms with van der Waals surface area (Å²) in [4.78, 5) is 22.2. The van der Waals surface area contributed by atoms with Gasteiger partial charge in [-0.25, -0.2) is 14.3 Å². The van der Waals surface area contributed by atoms with Crippen LogP contribution in [-0.4, -0.2) is 43.3 Å². The van der Waals surface area contributed by atoms with E-state index in [1.54, 1.807) is 30.2 Å². The first kappa shape index (κ1) is 20.5. The lowest BCUT2D eigenvalue weighted by Gasteiger charge is -2.21. The van der Waals surface area contributed by atoms with Crippen molar-refractivity contribution in [1.29, 1.82) is 0 Å². The first-order valence-corrected chi connectivity index (χ1v) is 11.0. The third-order valence-electron chi connectivity index (χ3n) is 3.99. The molecule has 3 aromatic heterocycles. The maximum absolute atomic E-state index is 13.0. The molecular formula is C19H24N4O3S2. The summed E-state index contributed by atoms with van der Waals surface area (Å²) in [6, 6.07) is 1.76. The highest BCUT2D eigenvalue weighted by Gasteiger charge is 2.30. The Morgan fingerprint density at radius 3 is 2.75 bits per heavy atom. The van der Waals surface area contributed by atoms with Gasteiger partial charge in [0.15, 0.2) is 5.75 Å². The van der Waals surface area contributed by atoms with E-state index in [1.165, 1.54) is 15.9 Å². The molecule has 1 atom stereocenters. The average molecular weight is 421 g/mol. The van der Waals surface area contributed by atoms with Crippen LogP contribution in [-0.2, 0) is 4.74 Å². The Balaban J connectivity index is 2.20. The highest BCUT2D eigenvalue weighted by atomic mass is 32.2.